The van der Waals surface area contributed by atoms with E-state index >= 15 is 0 Å². The van der Waals surface area contributed by atoms with Crippen molar-refractivity contribution in [1.29, 1.82) is 0 Å². The highest BCUT2D eigenvalue weighted by molar-refractivity contribution is 7.99. The summed E-state index contributed by atoms with van der Waals surface area (Å²) in [6, 6.07) is 6.45. The van der Waals surface area contributed by atoms with E-state index in [1.165, 1.54) is 30.2 Å². The molecule has 5 nitrogen and oxygen atoms in total. The molecule has 2 aromatic rings. The summed E-state index contributed by atoms with van der Waals surface area (Å²) < 4.78 is 2.07. The molecule has 1 aliphatic rings. The smallest absolute Gasteiger partial charge is 0.234 e. The van der Waals surface area contributed by atoms with E-state index in [9.17, 15) is 4.79 Å². The zero-order valence-electron chi connectivity index (χ0n) is 12.2. The minimum atomic E-state index is -0.0148. The molecule has 0 unspecified atom stereocenters. The first-order valence-corrected chi connectivity index (χ1v) is 8.02. The Hall–Kier alpha value is -1.82. The molecule has 1 aromatic carbocycles. The second-order valence-electron chi connectivity index (χ2n) is 5.34. The van der Waals surface area contributed by atoms with Crippen molar-refractivity contribution in [3.05, 3.63) is 35.7 Å². The van der Waals surface area contributed by atoms with Crippen LogP contribution in [0.3, 0.4) is 0 Å². The zero-order chi connectivity index (χ0) is 14.8. The lowest BCUT2D eigenvalue weighted by Gasteiger charge is -2.10. The van der Waals surface area contributed by atoms with Gasteiger partial charge in [-0.05, 0) is 43.9 Å². The van der Waals surface area contributed by atoms with Crippen LogP contribution in [0.15, 0.2) is 29.7 Å². The third-order valence-electron chi connectivity index (χ3n) is 3.69. The Morgan fingerprint density at radius 1 is 1.43 bits per heavy atom. The van der Waals surface area contributed by atoms with Crippen LogP contribution in [-0.2, 0) is 4.79 Å². The number of benzene rings is 1. The molecular formula is C15H18N4OS. The van der Waals surface area contributed by atoms with Crippen LogP contribution in [0, 0.1) is 13.8 Å². The maximum atomic E-state index is 12.1. The lowest BCUT2D eigenvalue weighted by atomic mass is 10.1. The standard InChI is InChI=1S/C15H18N4OS/c1-10-4-3-5-13(11(10)2)17-14(20)8-21-15-18-16-9-19(15)12-6-7-12/h3-5,9,12H,6-8H2,1-2H3,(H,17,20). The van der Waals surface area contributed by atoms with Crippen LogP contribution >= 0.6 is 11.8 Å². The summed E-state index contributed by atoms with van der Waals surface area (Å²) in [7, 11) is 0. The zero-order valence-corrected chi connectivity index (χ0v) is 13.0. The Morgan fingerprint density at radius 2 is 2.24 bits per heavy atom. The summed E-state index contributed by atoms with van der Waals surface area (Å²) in [6.45, 7) is 4.06. The van der Waals surface area contributed by atoms with Crippen LogP contribution in [0.5, 0.6) is 0 Å². The first kappa shape index (κ1) is 14.1. The van der Waals surface area contributed by atoms with Gasteiger partial charge >= 0.3 is 0 Å². The molecule has 0 aliphatic heterocycles. The van der Waals surface area contributed by atoms with Crippen molar-refractivity contribution in [1.82, 2.24) is 14.8 Å². The highest BCUT2D eigenvalue weighted by atomic mass is 32.2. The molecule has 0 bridgehead atoms. The number of carbonyl (C=O) groups excluding carboxylic acids is 1. The van der Waals surface area contributed by atoms with Crippen molar-refractivity contribution in [2.45, 2.75) is 37.9 Å². The number of rotatable bonds is 5. The van der Waals surface area contributed by atoms with Crippen LogP contribution in [0.25, 0.3) is 0 Å². The van der Waals surface area contributed by atoms with E-state index in [0.29, 0.717) is 11.8 Å². The van der Waals surface area contributed by atoms with Crippen molar-refractivity contribution in [3.8, 4) is 0 Å². The van der Waals surface area contributed by atoms with Crippen molar-refractivity contribution in [2.24, 2.45) is 0 Å². The number of nitrogens with zero attached hydrogens (tertiary/aromatic N) is 3. The topological polar surface area (TPSA) is 59.8 Å². The lowest BCUT2D eigenvalue weighted by molar-refractivity contribution is -0.113. The summed E-state index contributed by atoms with van der Waals surface area (Å²) in [5.74, 6) is 0.331. The maximum Gasteiger partial charge on any atom is 0.234 e. The number of hydrogen-bond acceptors (Lipinski definition) is 4. The molecular weight excluding hydrogens is 284 g/mol. The van der Waals surface area contributed by atoms with Gasteiger partial charge in [-0.25, -0.2) is 0 Å². The number of aryl methyl sites for hydroxylation is 1. The van der Waals surface area contributed by atoms with Crippen LogP contribution in [-0.4, -0.2) is 26.4 Å². The second-order valence-corrected chi connectivity index (χ2v) is 6.28. The van der Waals surface area contributed by atoms with Crippen molar-refractivity contribution in [3.63, 3.8) is 0 Å². The molecule has 0 radical (unpaired) electrons. The Kier molecular flexibility index (Phi) is 3.96. The summed E-state index contributed by atoms with van der Waals surface area (Å²) in [5.41, 5.74) is 3.16. The molecule has 1 heterocycles. The van der Waals surface area contributed by atoms with Crippen LogP contribution < -0.4 is 5.32 Å². The van der Waals surface area contributed by atoms with Gasteiger partial charge in [-0.2, -0.15) is 0 Å². The van der Waals surface area contributed by atoms with E-state index in [1.807, 2.05) is 32.0 Å². The third kappa shape index (κ3) is 3.26. The Labute approximate surface area is 128 Å². The number of nitrogens with one attached hydrogen (secondary N) is 1. The molecule has 1 fully saturated rings. The summed E-state index contributed by atoms with van der Waals surface area (Å²) in [6.07, 6.45) is 4.11. The van der Waals surface area contributed by atoms with Gasteiger partial charge in [0.25, 0.3) is 0 Å². The van der Waals surface area contributed by atoms with E-state index in [1.54, 1.807) is 6.33 Å². The SMILES string of the molecule is Cc1cccc(NC(=O)CSc2nncn2C2CC2)c1C. The predicted octanol–water partition coefficient (Wildman–Crippen LogP) is 2.96. The normalized spacial score (nSPS) is 14.2. The van der Waals surface area contributed by atoms with E-state index in [2.05, 4.69) is 20.1 Å². The fourth-order valence-electron chi connectivity index (χ4n) is 2.14. The minimum absolute atomic E-state index is 0.0148. The molecule has 1 saturated carbocycles. The van der Waals surface area contributed by atoms with Gasteiger partial charge in [0.05, 0.1) is 5.75 Å². The first-order chi connectivity index (χ1) is 10.1. The van der Waals surface area contributed by atoms with Crippen LogP contribution in [0.2, 0.25) is 0 Å². The number of carbonyl (C=O) groups is 1. The molecule has 1 N–H and O–H groups in total. The molecule has 110 valence electrons. The number of hydrogen-bond donors (Lipinski definition) is 1. The fourth-order valence-corrected chi connectivity index (χ4v) is 2.92. The van der Waals surface area contributed by atoms with Gasteiger partial charge in [0.2, 0.25) is 5.91 Å². The number of amides is 1. The Balaban J connectivity index is 1.59. The largest absolute Gasteiger partial charge is 0.325 e. The minimum Gasteiger partial charge on any atom is -0.325 e. The van der Waals surface area contributed by atoms with Crippen LogP contribution in [0.1, 0.15) is 30.0 Å². The monoisotopic (exact) mass is 302 g/mol. The van der Waals surface area contributed by atoms with Gasteiger partial charge in [-0.15, -0.1) is 10.2 Å². The molecule has 0 atom stereocenters. The van der Waals surface area contributed by atoms with Gasteiger partial charge in [-0.1, -0.05) is 23.9 Å². The van der Waals surface area contributed by atoms with Gasteiger partial charge in [0.15, 0.2) is 5.16 Å². The van der Waals surface area contributed by atoms with E-state index in [4.69, 9.17) is 0 Å². The molecule has 6 heteroatoms. The van der Waals surface area contributed by atoms with Gasteiger partial charge in [0.1, 0.15) is 6.33 Å². The van der Waals surface area contributed by atoms with E-state index in [-0.39, 0.29) is 5.91 Å². The second kappa shape index (κ2) is 5.89. The van der Waals surface area contributed by atoms with Gasteiger partial charge < -0.3 is 9.88 Å². The number of anilines is 1. The molecule has 1 aliphatic carbocycles. The predicted molar refractivity (Wildman–Crippen MR) is 83.6 cm³/mol. The lowest BCUT2D eigenvalue weighted by Crippen LogP contribution is -2.15. The first-order valence-electron chi connectivity index (χ1n) is 7.03. The van der Waals surface area contributed by atoms with Gasteiger partial charge in [0, 0.05) is 11.7 Å². The van der Waals surface area contributed by atoms with E-state index < -0.39 is 0 Å². The summed E-state index contributed by atoms with van der Waals surface area (Å²) in [5, 5.41) is 11.8. The molecule has 3 rings (SSSR count). The quantitative estimate of drug-likeness (QED) is 0.863. The molecule has 1 amide bonds. The maximum absolute atomic E-state index is 12.1. The molecule has 21 heavy (non-hydrogen) atoms. The summed E-state index contributed by atoms with van der Waals surface area (Å²) in [4.78, 5) is 12.1. The van der Waals surface area contributed by atoms with Crippen LogP contribution in [0.4, 0.5) is 5.69 Å². The fraction of sp³-hybridized carbons (Fsp3) is 0.400. The van der Waals surface area contributed by atoms with E-state index in [0.717, 1.165) is 16.4 Å². The number of aromatic nitrogens is 3. The molecule has 1 aromatic heterocycles. The Bertz CT molecular complexity index is 663. The van der Waals surface area contributed by atoms with Crippen molar-refractivity contribution >= 4 is 23.4 Å². The summed E-state index contributed by atoms with van der Waals surface area (Å²) >= 11 is 1.44. The highest BCUT2D eigenvalue weighted by Gasteiger charge is 2.26. The van der Waals surface area contributed by atoms with Crippen molar-refractivity contribution < 1.29 is 4.79 Å². The average molecular weight is 302 g/mol. The Morgan fingerprint density at radius 3 is 3.00 bits per heavy atom. The molecule has 0 spiro atoms. The van der Waals surface area contributed by atoms with Gasteiger partial charge in [-0.3, -0.25) is 4.79 Å². The average Bonchev–Trinajstić information content (AvgIpc) is 3.20. The van der Waals surface area contributed by atoms with Crippen molar-refractivity contribution in [2.75, 3.05) is 11.1 Å². The molecule has 0 saturated heterocycles. The highest BCUT2D eigenvalue weighted by Crippen LogP contribution is 2.37. The number of thioether (sulfide) groups is 1. The third-order valence-corrected chi connectivity index (χ3v) is 4.65.